The van der Waals surface area contributed by atoms with Crippen molar-refractivity contribution < 1.29 is 27.1 Å². The van der Waals surface area contributed by atoms with E-state index in [0.717, 1.165) is 12.1 Å². The number of aromatic nitrogens is 5. The van der Waals surface area contributed by atoms with Gasteiger partial charge in [-0.05, 0) is 19.1 Å². The van der Waals surface area contributed by atoms with Gasteiger partial charge in [0.1, 0.15) is 12.1 Å². The summed E-state index contributed by atoms with van der Waals surface area (Å²) < 4.78 is 56.9. The Morgan fingerprint density at radius 2 is 1.85 bits per heavy atom. The Hall–Kier alpha value is -3.19. The molecule has 0 saturated heterocycles. The number of hydrogen-bond acceptors (Lipinski definition) is 6. The van der Waals surface area contributed by atoms with Crippen LogP contribution in [0.25, 0.3) is 5.95 Å². The third kappa shape index (κ3) is 5.42. The van der Waals surface area contributed by atoms with Gasteiger partial charge in [0.15, 0.2) is 5.82 Å². The fourth-order valence-corrected chi connectivity index (χ4v) is 3.01. The van der Waals surface area contributed by atoms with E-state index in [1.165, 1.54) is 35.4 Å². The molecule has 33 heavy (non-hydrogen) atoms. The molecule has 3 aromatic rings. The van der Waals surface area contributed by atoms with E-state index >= 15 is 0 Å². The summed E-state index contributed by atoms with van der Waals surface area (Å²) in [6.45, 7) is 1.64. The van der Waals surface area contributed by atoms with Crippen LogP contribution in [0.1, 0.15) is 18.8 Å². The molecule has 1 aromatic carbocycles. The highest BCUT2D eigenvalue weighted by molar-refractivity contribution is 6.37. The summed E-state index contributed by atoms with van der Waals surface area (Å²) in [7, 11) is 1.43. The second-order valence-corrected chi connectivity index (χ2v) is 7.34. The lowest BCUT2D eigenvalue weighted by Crippen LogP contribution is -2.35. The monoisotopic (exact) mass is 507 g/mol. The summed E-state index contributed by atoms with van der Waals surface area (Å²) in [5.74, 6) is -0.242. The minimum atomic E-state index is -4.80. The molecule has 0 spiro atoms. The summed E-state index contributed by atoms with van der Waals surface area (Å²) in [5, 5.41) is 5.86. The molecule has 0 fully saturated rings. The van der Waals surface area contributed by atoms with Crippen LogP contribution in [0.3, 0.4) is 0 Å². The SMILES string of the molecule is C[C@@H](c1ncnn1-c1ncccn1)N(C)C(=O)Nc1cc(OC(F)(F)C(F)F)c(Cl)cc1Cl. The molecular formula is C18H15Cl2F4N7O2. The molecule has 0 bridgehead atoms. The predicted octanol–water partition coefficient (Wildman–Crippen LogP) is 4.83. The molecule has 2 heterocycles. The van der Waals surface area contributed by atoms with Crippen molar-refractivity contribution >= 4 is 34.9 Å². The van der Waals surface area contributed by atoms with Crippen LogP contribution in [-0.4, -0.2) is 55.2 Å². The fraction of sp³-hybridized carbons (Fsp3) is 0.278. The molecule has 1 atom stereocenters. The first-order valence-corrected chi connectivity index (χ1v) is 9.82. The summed E-state index contributed by atoms with van der Waals surface area (Å²) in [5.41, 5.74) is -0.196. The molecule has 0 aliphatic carbocycles. The highest BCUT2D eigenvalue weighted by Crippen LogP contribution is 2.38. The Morgan fingerprint density at radius 1 is 1.18 bits per heavy atom. The number of amides is 2. The topological polar surface area (TPSA) is 98.1 Å². The number of hydrogen-bond donors (Lipinski definition) is 1. The van der Waals surface area contributed by atoms with Crippen LogP contribution >= 0.6 is 23.2 Å². The van der Waals surface area contributed by atoms with Gasteiger partial charge in [-0.25, -0.2) is 19.7 Å². The van der Waals surface area contributed by atoms with Gasteiger partial charge in [0, 0.05) is 25.5 Å². The molecule has 2 amide bonds. The van der Waals surface area contributed by atoms with E-state index in [9.17, 15) is 22.4 Å². The van der Waals surface area contributed by atoms with E-state index in [0.29, 0.717) is 5.82 Å². The summed E-state index contributed by atoms with van der Waals surface area (Å²) in [6.07, 6.45) is -4.62. The molecule has 0 unspecified atom stereocenters. The van der Waals surface area contributed by atoms with Crippen molar-refractivity contribution in [2.24, 2.45) is 0 Å². The van der Waals surface area contributed by atoms with Gasteiger partial charge in [0.2, 0.25) is 0 Å². The lowest BCUT2D eigenvalue weighted by molar-refractivity contribution is -0.253. The zero-order valence-corrected chi connectivity index (χ0v) is 18.4. The molecular weight excluding hydrogens is 493 g/mol. The van der Waals surface area contributed by atoms with Crippen molar-refractivity contribution in [3.8, 4) is 11.7 Å². The van der Waals surface area contributed by atoms with Crippen molar-refractivity contribution in [1.82, 2.24) is 29.6 Å². The molecule has 1 N–H and O–H groups in total. The average molecular weight is 508 g/mol. The Kier molecular flexibility index (Phi) is 7.22. The number of alkyl halides is 4. The number of urea groups is 1. The van der Waals surface area contributed by atoms with Crippen molar-refractivity contribution in [3.63, 3.8) is 0 Å². The Morgan fingerprint density at radius 3 is 2.48 bits per heavy atom. The molecule has 2 aromatic heterocycles. The second kappa shape index (κ2) is 9.75. The Bertz CT molecular complexity index is 1130. The minimum Gasteiger partial charge on any atom is -0.427 e. The maximum absolute atomic E-state index is 13.3. The number of benzene rings is 1. The van der Waals surface area contributed by atoms with E-state index in [2.05, 4.69) is 30.1 Å². The molecule has 15 heteroatoms. The Balaban J connectivity index is 1.80. The third-order valence-corrected chi connectivity index (χ3v) is 4.96. The highest BCUT2D eigenvalue weighted by atomic mass is 35.5. The standard InChI is InChI=1S/C18H15Cl2F4N7O2/c1-9(14-27-8-28-31(14)16-25-4-3-5-26-16)30(2)17(32)29-12-7-13(11(20)6-10(12)19)33-18(23,24)15(21)22/h3-9,15H,1-2H3,(H,29,32)/t9-/m0/s1. The van der Waals surface area contributed by atoms with Gasteiger partial charge in [0.05, 0.1) is 21.8 Å². The van der Waals surface area contributed by atoms with Crippen LogP contribution in [0.15, 0.2) is 36.9 Å². The van der Waals surface area contributed by atoms with E-state index in [1.54, 1.807) is 13.0 Å². The van der Waals surface area contributed by atoms with Crippen LogP contribution in [0.5, 0.6) is 5.75 Å². The van der Waals surface area contributed by atoms with Crippen molar-refractivity contribution in [2.75, 3.05) is 12.4 Å². The second-order valence-electron chi connectivity index (χ2n) is 6.52. The van der Waals surface area contributed by atoms with Gasteiger partial charge in [-0.15, -0.1) is 0 Å². The van der Waals surface area contributed by atoms with Gasteiger partial charge in [-0.1, -0.05) is 23.2 Å². The van der Waals surface area contributed by atoms with Crippen LogP contribution in [-0.2, 0) is 0 Å². The summed E-state index contributed by atoms with van der Waals surface area (Å²) >= 11 is 11.8. The third-order valence-electron chi connectivity index (χ3n) is 4.35. The maximum atomic E-state index is 13.3. The number of nitrogens with one attached hydrogen (secondary N) is 1. The van der Waals surface area contributed by atoms with Gasteiger partial charge < -0.3 is 15.0 Å². The summed E-state index contributed by atoms with van der Waals surface area (Å²) in [6, 6.07) is 2.01. The van der Waals surface area contributed by atoms with Crippen molar-refractivity contribution in [1.29, 1.82) is 0 Å². The minimum absolute atomic E-state index is 0.136. The lowest BCUT2D eigenvalue weighted by Gasteiger charge is -2.25. The molecule has 0 aliphatic heterocycles. The molecule has 0 saturated carbocycles. The number of rotatable bonds is 7. The van der Waals surface area contributed by atoms with E-state index < -0.39 is 35.4 Å². The first-order chi connectivity index (χ1) is 15.5. The zero-order valence-electron chi connectivity index (χ0n) is 16.9. The number of ether oxygens (including phenoxy) is 1. The van der Waals surface area contributed by atoms with E-state index in [-0.39, 0.29) is 16.7 Å². The van der Waals surface area contributed by atoms with Crippen LogP contribution in [0.4, 0.5) is 28.0 Å². The van der Waals surface area contributed by atoms with Gasteiger partial charge in [-0.3, -0.25) is 0 Å². The Labute approximate surface area is 194 Å². The molecule has 176 valence electrons. The predicted molar refractivity (Wildman–Crippen MR) is 110 cm³/mol. The quantitative estimate of drug-likeness (QED) is 0.460. The molecule has 0 radical (unpaired) electrons. The number of anilines is 1. The number of carbonyl (C=O) groups is 1. The van der Waals surface area contributed by atoms with E-state index in [4.69, 9.17) is 23.2 Å². The first-order valence-electron chi connectivity index (χ1n) is 9.06. The van der Waals surface area contributed by atoms with Gasteiger partial charge in [0.25, 0.3) is 5.95 Å². The highest BCUT2D eigenvalue weighted by Gasteiger charge is 2.44. The number of nitrogens with zero attached hydrogens (tertiary/aromatic N) is 6. The van der Waals surface area contributed by atoms with Crippen LogP contribution in [0, 0.1) is 0 Å². The van der Waals surface area contributed by atoms with Crippen molar-refractivity contribution in [2.45, 2.75) is 25.5 Å². The number of carbonyl (C=O) groups excluding carboxylic acids is 1. The van der Waals surface area contributed by atoms with Crippen LogP contribution < -0.4 is 10.1 Å². The largest absolute Gasteiger partial charge is 0.461 e. The molecule has 0 aliphatic rings. The number of halogens is 6. The lowest BCUT2D eigenvalue weighted by atomic mass is 10.2. The summed E-state index contributed by atoms with van der Waals surface area (Å²) in [4.78, 5) is 26.3. The smallest absolute Gasteiger partial charge is 0.427 e. The normalized spacial score (nSPS) is 12.5. The first kappa shape index (κ1) is 24.5. The maximum Gasteiger partial charge on any atom is 0.461 e. The van der Waals surface area contributed by atoms with E-state index in [1.807, 2.05) is 0 Å². The molecule has 9 nitrogen and oxygen atoms in total. The fourth-order valence-electron chi connectivity index (χ4n) is 2.54. The average Bonchev–Trinajstić information content (AvgIpc) is 3.26. The zero-order chi connectivity index (χ0) is 24.3. The van der Waals surface area contributed by atoms with Gasteiger partial charge in [-0.2, -0.15) is 27.3 Å². The molecule has 3 rings (SSSR count). The van der Waals surface area contributed by atoms with Gasteiger partial charge >= 0.3 is 18.6 Å². The van der Waals surface area contributed by atoms with Crippen molar-refractivity contribution in [3.05, 3.63) is 52.8 Å². The van der Waals surface area contributed by atoms with Crippen LogP contribution in [0.2, 0.25) is 10.0 Å².